The molecule has 3 fully saturated rings. The van der Waals surface area contributed by atoms with E-state index in [-0.39, 0.29) is 18.4 Å². The molecule has 2 aliphatic carbocycles. The number of carbonyl (C=O) groups excluding carboxylic acids is 5. The van der Waals surface area contributed by atoms with E-state index in [1.165, 1.54) is 26.8 Å². The molecule has 0 amide bonds. The zero-order valence-corrected chi connectivity index (χ0v) is 25.1. The van der Waals surface area contributed by atoms with E-state index in [1.807, 2.05) is 0 Å². The average molecular weight is 597 g/mol. The van der Waals surface area contributed by atoms with Gasteiger partial charge in [0.1, 0.15) is 18.3 Å². The molecule has 1 saturated carbocycles. The van der Waals surface area contributed by atoms with Gasteiger partial charge in [0.05, 0.1) is 11.5 Å². The summed E-state index contributed by atoms with van der Waals surface area (Å²) in [5, 5.41) is 24.0. The molecular formula is C29H40O13. The van der Waals surface area contributed by atoms with E-state index >= 15 is 0 Å². The summed E-state index contributed by atoms with van der Waals surface area (Å²) in [7, 11) is 0. The summed E-state index contributed by atoms with van der Waals surface area (Å²) in [6.45, 7) is 11.3. The van der Waals surface area contributed by atoms with Crippen molar-refractivity contribution in [2.75, 3.05) is 0 Å². The first-order chi connectivity index (χ1) is 19.4. The molecule has 13 nitrogen and oxygen atoms in total. The molecule has 2 saturated heterocycles. The van der Waals surface area contributed by atoms with Crippen LogP contribution in [-0.2, 0) is 52.4 Å². The van der Waals surface area contributed by atoms with E-state index in [0.29, 0.717) is 0 Å². The molecule has 13 heteroatoms. The number of aliphatic hydroxyl groups is 2. The summed E-state index contributed by atoms with van der Waals surface area (Å²) in [4.78, 5) is 62.9. The highest BCUT2D eigenvalue weighted by atomic mass is 16.7. The van der Waals surface area contributed by atoms with Gasteiger partial charge in [-0.15, -0.1) is 0 Å². The SMILES string of the molecule is CCC(=O)OC1C[C@H](OC(C)=O)[C@]2(C)[C@H](OC(C)=O)[C@@H](OC(C)=O)[C@@H](O)/C(C)=C\[C@@H]3OC(=O)[C@]4(C)O[C@]34[C@H](O)[C@H]2C1C. The van der Waals surface area contributed by atoms with Crippen LogP contribution in [0.5, 0.6) is 0 Å². The summed E-state index contributed by atoms with van der Waals surface area (Å²) >= 11 is 0. The lowest BCUT2D eigenvalue weighted by molar-refractivity contribution is -0.250. The van der Waals surface area contributed by atoms with E-state index in [2.05, 4.69) is 0 Å². The van der Waals surface area contributed by atoms with E-state index in [1.54, 1.807) is 20.8 Å². The molecular weight excluding hydrogens is 556 g/mol. The summed E-state index contributed by atoms with van der Waals surface area (Å²) in [6, 6.07) is 0. The molecule has 2 heterocycles. The number of aliphatic hydroxyl groups excluding tert-OH is 2. The molecule has 2 aliphatic heterocycles. The van der Waals surface area contributed by atoms with Crippen LogP contribution in [0.25, 0.3) is 0 Å². The van der Waals surface area contributed by atoms with Crippen LogP contribution in [0.4, 0.5) is 0 Å². The van der Waals surface area contributed by atoms with Crippen LogP contribution in [0.2, 0.25) is 0 Å². The average Bonchev–Trinajstić information content (AvgIpc) is 3.48. The smallest absolute Gasteiger partial charge is 0.342 e. The fourth-order valence-electron chi connectivity index (χ4n) is 7.38. The first-order valence-electron chi connectivity index (χ1n) is 14.1. The highest BCUT2D eigenvalue weighted by Crippen LogP contribution is 2.65. The minimum atomic E-state index is -1.64. The Bertz CT molecular complexity index is 1200. The second kappa shape index (κ2) is 10.9. The van der Waals surface area contributed by atoms with Crippen molar-refractivity contribution in [2.24, 2.45) is 17.3 Å². The van der Waals surface area contributed by atoms with Gasteiger partial charge >= 0.3 is 29.8 Å². The van der Waals surface area contributed by atoms with E-state index in [4.69, 9.17) is 28.4 Å². The van der Waals surface area contributed by atoms with Gasteiger partial charge in [-0.05, 0) is 31.4 Å². The van der Waals surface area contributed by atoms with Gasteiger partial charge in [-0.1, -0.05) is 20.8 Å². The van der Waals surface area contributed by atoms with E-state index in [9.17, 15) is 34.2 Å². The monoisotopic (exact) mass is 596 g/mol. The maximum absolute atomic E-state index is 13.0. The Balaban J connectivity index is 2.04. The normalized spacial score (nSPS) is 45.4. The zero-order valence-electron chi connectivity index (χ0n) is 25.1. The first-order valence-corrected chi connectivity index (χ1v) is 14.1. The van der Waals surface area contributed by atoms with Crippen LogP contribution in [0.1, 0.15) is 68.2 Å². The third-order valence-corrected chi connectivity index (χ3v) is 9.49. The maximum Gasteiger partial charge on any atom is 0.342 e. The second-order valence-electron chi connectivity index (χ2n) is 12.1. The molecule has 0 aromatic heterocycles. The Kier molecular flexibility index (Phi) is 8.29. The standard InChI is InChI=1S/C29H40O13/c1-9-20(33)40-17-11-18(37-14(4)30)27(7)21(13(17)3)24(35)29-19(41-26(36)28(29,8)42-29)10-12(2)22(34)23(38-15(5)31)25(27)39-16(6)32/h10,13,17-19,21-25,34-35H,9,11H2,1-8H3/b12-10-/t13?,17?,18-,19-,21+,22-,23-,24+,25+,27-,28-,29-/m0/s1. The second-order valence-corrected chi connectivity index (χ2v) is 12.1. The van der Waals surface area contributed by atoms with Crippen molar-refractivity contribution >= 4 is 29.8 Å². The van der Waals surface area contributed by atoms with Crippen LogP contribution < -0.4 is 0 Å². The first kappa shape index (κ1) is 31.9. The molecule has 2 N–H and O–H groups in total. The molecule has 4 aliphatic rings. The minimum absolute atomic E-state index is 0.0579. The van der Waals surface area contributed by atoms with Crippen LogP contribution in [0.3, 0.4) is 0 Å². The van der Waals surface area contributed by atoms with Gasteiger partial charge in [-0.25, -0.2) is 4.79 Å². The largest absolute Gasteiger partial charge is 0.462 e. The minimum Gasteiger partial charge on any atom is -0.462 e. The number of esters is 5. The molecule has 0 bridgehead atoms. The molecule has 0 aromatic carbocycles. The Labute approximate surface area is 243 Å². The lowest BCUT2D eigenvalue weighted by atomic mass is 9.52. The van der Waals surface area contributed by atoms with Gasteiger partial charge in [0.15, 0.2) is 29.5 Å². The zero-order chi connectivity index (χ0) is 31.5. The summed E-state index contributed by atoms with van der Waals surface area (Å²) in [6.07, 6.45) is -8.02. The Morgan fingerprint density at radius 2 is 1.60 bits per heavy atom. The predicted octanol–water partition coefficient (Wildman–Crippen LogP) is 0.900. The molecule has 12 atom stereocenters. The quantitative estimate of drug-likeness (QED) is 0.198. The van der Waals surface area contributed by atoms with Gasteiger partial charge in [0.2, 0.25) is 0 Å². The van der Waals surface area contributed by atoms with Crippen LogP contribution in [0, 0.1) is 17.3 Å². The van der Waals surface area contributed by atoms with Crippen molar-refractivity contribution in [3.63, 3.8) is 0 Å². The fourth-order valence-corrected chi connectivity index (χ4v) is 7.38. The molecule has 0 radical (unpaired) electrons. The van der Waals surface area contributed by atoms with Crippen molar-refractivity contribution in [3.05, 3.63) is 11.6 Å². The van der Waals surface area contributed by atoms with Crippen LogP contribution in [-0.4, -0.2) is 94.0 Å². The van der Waals surface area contributed by atoms with E-state index < -0.39 is 101 Å². The van der Waals surface area contributed by atoms with Gasteiger partial charge in [-0.3, -0.25) is 19.2 Å². The van der Waals surface area contributed by atoms with Crippen molar-refractivity contribution < 1.29 is 62.6 Å². The predicted molar refractivity (Wildman–Crippen MR) is 140 cm³/mol. The van der Waals surface area contributed by atoms with Crippen LogP contribution >= 0.6 is 0 Å². The fraction of sp³-hybridized carbons (Fsp3) is 0.759. The lowest BCUT2D eigenvalue weighted by Crippen LogP contribution is -2.69. The van der Waals surface area contributed by atoms with Crippen molar-refractivity contribution in [3.8, 4) is 0 Å². The third kappa shape index (κ3) is 4.79. The molecule has 1 spiro atoms. The van der Waals surface area contributed by atoms with Crippen molar-refractivity contribution in [1.82, 2.24) is 0 Å². The molecule has 0 aromatic rings. The molecule has 4 rings (SSSR count). The number of epoxide rings is 1. The Hall–Kier alpha value is -3.03. The van der Waals surface area contributed by atoms with Crippen molar-refractivity contribution in [1.29, 1.82) is 0 Å². The Morgan fingerprint density at radius 1 is 1.00 bits per heavy atom. The lowest BCUT2D eigenvalue weighted by Gasteiger charge is -2.57. The number of fused-ring (bicyclic) bond motifs is 1. The number of ether oxygens (including phenoxy) is 6. The number of hydrogen-bond donors (Lipinski definition) is 2. The molecule has 2 unspecified atom stereocenters. The number of carbonyl (C=O) groups is 5. The summed E-state index contributed by atoms with van der Waals surface area (Å²) in [5.41, 5.74) is -4.62. The number of rotatable bonds is 5. The molecule has 42 heavy (non-hydrogen) atoms. The maximum atomic E-state index is 13.0. The molecule has 234 valence electrons. The third-order valence-electron chi connectivity index (χ3n) is 9.49. The number of hydrogen-bond acceptors (Lipinski definition) is 13. The van der Waals surface area contributed by atoms with Crippen LogP contribution in [0.15, 0.2) is 11.6 Å². The highest BCUT2D eigenvalue weighted by Gasteiger charge is 2.86. The van der Waals surface area contributed by atoms with Crippen molar-refractivity contribution in [2.45, 2.75) is 122 Å². The van der Waals surface area contributed by atoms with Gasteiger partial charge in [0, 0.05) is 39.5 Å². The van der Waals surface area contributed by atoms with E-state index in [0.717, 1.165) is 13.8 Å². The van der Waals surface area contributed by atoms with Gasteiger partial charge in [-0.2, -0.15) is 0 Å². The Morgan fingerprint density at radius 3 is 2.12 bits per heavy atom. The topological polar surface area (TPSA) is 184 Å². The highest BCUT2D eigenvalue weighted by molar-refractivity contribution is 5.89. The van der Waals surface area contributed by atoms with Gasteiger partial charge < -0.3 is 38.6 Å². The summed E-state index contributed by atoms with van der Waals surface area (Å²) in [5.74, 6) is -5.40. The summed E-state index contributed by atoms with van der Waals surface area (Å²) < 4.78 is 34.6. The van der Waals surface area contributed by atoms with Gasteiger partial charge in [0.25, 0.3) is 0 Å².